The Balaban J connectivity index is 3.73. The Morgan fingerprint density at radius 1 is 1.46 bits per heavy atom. The smallest absolute Gasteiger partial charge is 0.256 e. The summed E-state index contributed by atoms with van der Waals surface area (Å²) < 4.78 is 0. The molecule has 0 bridgehead atoms. The molecule has 1 atom stereocenters. The molecule has 0 aromatic carbocycles. The van der Waals surface area contributed by atoms with Crippen LogP contribution >= 0.6 is 0 Å². The van der Waals surface area contributed by atoms with Gasteiger partial charge in [-0.2, -0.15) is 10.5 Å². The lowest BCUT2D eigenvalue weighted by Crippen LogP contribution is -2.03. The van der Waals surface area contributed by atoms with Crippen LogP contribution in [0.3, 0.4) is 0 Å². The maximum atomic E-state index is 8.31. The van der Waals surface area contributed by atoms with Gasteiger partial charge in [0.15, 0.2) is 0 Å². The molecule has 0 saturated heterocycles. The number of hydrogen-bond acceptors (Lipinski definition) is 4. The third kappa shape index (κ3) is 5.69. The van der Waals surface area contributed by atoms with Crippen molar-refractivity contribution in [2.45, 2.75) is 26.7 Å². The summed E-state index contributed by atoms with van der Waals surface area (Å²) in [6, 6.07) is 3.24. The largest absolute Gasteiger partial charge is 0.394 e. The van der Waals surface area contributed by atoms with Crippen molar-refractivity contribution < 1.29 is 4.84 Å². The Morgan fingerprint density at radius 2 is 2.08 bits per heavy atom. The molecule has 0 N–H and O–H groups in total. The Bertz CT molecular complexity index is 231. The molecule has 13 heavy (non-hydrogen) atoms. The number of nitriles is 2. The maximum Gasteiger partial charge on any atom is 0.256 e. The molecule has 4 nitrogen and oxygen atoms in total. The van der Waals surface area contributed by atoms with E-state index in [9.17, 15) is 0 Å². The van der Waals surface area contributed by atoms with Gasteiger partial charge in [0.25, 0.3) is 5.71 Å². The van der Waals surface area contributed by atoms with Crippen LogP contribution in [0.2, 0.25) is 0 Å². The normalized spacial score (nSPS) is 10.8. The van der Waals surface area contributed by atoms with Crippen molar-refractivity contribution in [3.05, 3.63) is 0 Å². The second-order valence-electron chi connectivity index (χ2n) is 2.85. The molecule has 0 aliphatic carbocycles. The van der Waals surface area contributed by atoms with Crippen LogP contribution in [-0.4, -0.2) is 12.3 Å². The highest BCUT2D eigenvalue weighted by Crippen LogP contribution is 2.04. The van der Waals surface area contributed by atoms with Gasteiger partial charge in [0.05, 0.1) is 0 Å². The van der Waals surface area contributed by atoms with Gasteiger partial charge < -0.3 is 4.84 Å². The summed E-state index contributed by atoms with van der Waals surface area (Å²) in [6.07, 6.45) is 2.15. The van der Waals surface area contributed by atoms with Crippen LogP contribution in [0.15, 0.2) is 5.16 Å². The molecular weight excluding hydrogens is 166 g/mol. The highest BCUT2D eigenvalue weighted by atomic mass is 16.6. The first-order valence-electron chi connectivity index (χ1n) is 4.24. The number of rotatable bonds is 5. The van der Waals surface area contributed by atoms with E-state index in [0.29, 0.717) is 12.5 Å². The zero-order valence-corrected chi connectivity index (χ0v) is 7.95. The van der Waals surface area contributed by atoms with E-state index in [1.165, 1.54) is 0 Å². The van der Waals surface area contributed by atoms with E-state index < -0.39 is 0 Å². The van der Waals surface area contributed by atoms with Gasteiger partial charge in [-0.1, -0.05) is 25.4 Å². The monoisotopic (exact) mass is 179 g/mol. The van der Waals surface area contributed by atoms with Gasteiger partial charge in [-0.25, -0.2) is 0 Å². The minimum Gasteiger partial charge on any atom is -0.394 e. The number of hydrogen-bond donors (Lipinski definition) is 0. The molecule has 1 unspecified atom stereocenters. The fraction of sp³-hybridized carbons (Fsp3) is 0.667. The lowest BCUT2D eigenvalue weighted by Gasteiger charge is -2.06. The van der Waals surface area contributed by atoms with Crippen LogP contribution in [-0.2, 0) is 4.84 Å². The molecule has 0 aliphatic rings. The maximum absolute atomic E-state index is 8.31. The van der Waals surface area contributed by atoms with Crippen molar-refractivity contribution in [2.75, 3.05) is 6.61 Å². The second-order valence-corrected chi connectivity index (χ2v) is 2.85. The van der Waals surface area contributed by atoms with E-state index in [2.05, 4.69) is 12.1 Å². The van der Waals surface area contributed by atoms with Gasteiger partial charge in [-0.3, -0.25) is 0 Å². The van der Waals surface area contributed by atoms with Gasteiger partial charge in [0.2, 0.25) is 0 Å². The molecule has 70 valence electrons. The summed E-state index contributed by atoms with van der Waals surface area (Å²) in [7, 11) is 0. The summed E-state index contributed by atoms with van der Waals surface area (Å²) in [5.74, 6) is 0.410. The van der Waals surface area contributed by atoms with Crippen molar-refractivity contribution in [3.63, 3.8) is 0 Å². The molecule has 0 spiro atoms. The highest BCUT2D eigenvalue weighted by molar-refractivity contribution is 6.09. The molecule has 0 aromatic rings. The first kappa shape index (κ1) is 11.4. The zero-order valence-electron chi connectivity index (χ0n) is 7.95. The molecule has 0 aromatic heterocycles. The van der Waals surface area contributed by atoms with E-state index in [-0.39, 0.29) is 5.71 Å². The van der Waals surface area contributed by atoms with E-state index in [4.69, 9.17) is 15.4 Å². The first-order valence-corrected chi connectivity index (χ1v) is 4.24. The standard InChI is InChI=1S/C9H13N3O/c1-3-4-8(2)7-13-12-9(5-10)6-11/h8H,3-4,7H2,1-2H3. The Kier molecular flexibility index (Phi) is 6.27. The van der Waals surface area contributed by atoms with E-state index in [1.54, 1.807) is 12.1 Å². The zero-order chi connectivity index (χ0) is 10.1. The van der Waals surface area contributed by atoms with Gasteiger partial charge >= 0.3 is 0 Å². The molecule has 0 rings (SSSR count). The van der Waals surface area contributed by atoms with Gasteiger partial charge in [-0.05, 0) is 12.3 Å². The fourth-order valence-corrected chi connectivity index (χ4v) is 0.871. The molecule has 0 radical (unpaired) electrons. The van der Waals surface area contributed by atoms with Gasteiger partial charge in [0, 0.05) is 0 Å². The van der Waals surface area contributed by atoms with Crippen molar-refractivity contribution in [1.29, 1.82) is 10.5 Å². The van der Waals surface area contributed by atoms with E-state index >= 15 is 0 Å². The number of oxime groups is 1. The Labute approximate surface area is 78.4 Å². The lowest BCUT2D eigenvalue weighted by molar-refractivity contribution is 0.110. The number of nitrogens with zero attached hydrogens (tertiary/aromatic N) is 3. The first-order chi connectivity index (χ1) is 6.24. The predicted molar refractivity (Wildman–Crippen MR) is 48.7 cm³/mol. The van der Waals surface area contributed by atoms with Crippen LogP contribution in [0.4, 0.5) is 0 Å². The molecule has 0 amide bonds. The molecule has 0 saturated carbocycles. The summed E-state index contributed by atoms with van der Waals surface area (Å²) in [5, 5.41) is 20.0. The summed E-state index contributed by atoms with van der Waals surface area (Å²) >= 11 is 0. The van der Waals surface area contributed by atoms with Crippen LogP contribution in [0.25, 0.3) is 0 Å². The van der Waals surface area contributed by atoms with Crippen LogP contribution in [0.5, 0.6) is 0 Å². The van der Waals surface area contributed by atoms with Crippen LogP contribution in [0, 0.1) is 28.6 Å². The molecule has 0 aliphatic heterocycles. The minimum absolute atomic E-state index is 0.233. The Morgan fingerprint density at radius 3 is 2.54 bits per heavy atom. The average molecular weight is 179 g/mol. The van der Waals surface area contributed by atoms with Crippen molar-refractivity contribution >= 4 is 5.71 Å². The third-order valence-electron chi connectivity index (χ3n) is 1.51. The van der Waals surface area contributed by atoms with Crippen LogP contribution < -0.4 is 0 Å². The van der Waals surface area contributed by atoms with Crippen molar-refractivity contribution in [3.8, 4) is 12.1 Å². The van der Waals surface area contributed by atoms with E-state index in [1.807, 2.05) is 6.92 Å². The summed E-state index contributed by atoms with van der Waals surface area (Å²) in [6.45, 7) is 4.59. The molecule has 0 heterocycles. The summed E-state index contributed by atoms with van der Waals surface area (Å²) in [5.41, 5.74) is -0.233. The van der Waals surface area contributed by atoms with Crippen molar-refractivity contribution in [1.82, 2.24) is 0 Å². The predicted octanol–water partition coefficient (Wildman–Crippen LogP) is 1.84. The van der Waals surface area contributed by atoms with Gasteiger partial charge in [0.1, 0.15) is 18.7 Å². The Hall–Kier alpha value is -1.55. The van der Waals surface area contributed by atoms with Gasteiger partial charge in [-0.15, -0.1) is 0 Å². The summed E-state index contributed by atoms with van der Waals surface area (Å²) in [4.78, 5) is 4.83. The molecular formula is C9H13N3O. The van der Waals surface area contributed by atoms with Crippen molar-refractivity contribution in [2.24, 2.45) is 11.1 Å². The fourth-order valence-electron chi connectivity index (χ4n) is 0.871. The second kappa shape index (κ2) is 7.12. The molecule has 4 heteroatoms. The third-order valence-corrected chi connectivity index (χ3v) is 1.51. The topological polar surface area (TPSA) is 69.2 Å². The molecule has 0 fully saturated rings. The highest BCUT2D eigenvalue weighted by Gasteiger charge is 2.01. The van der Waals surface area contributed by atoms with E-state index in [0.717, 1.165) is 12.8 Å². The van der Waals surface area contributed by atoms with Crippen LogP contribution in [0.1, 0.15) is 26.7 Å². The minimum atomic E-state index is -0.233. The lowest BCUT2D eigenvalue weighted by atomic mass is 10.1. The quantitative estimate of drug-likeness (QED) is 0.477. The SMILES string of the molecule is CCCC(C)CON=C(C#N)C#N. The average Bonchev–Trinajstić information content (AvgIpc) is 2.13.